The molecule has 0 aliphatic carbocycles. The van der Waals surface area contributed by atoms with Gasteiger partial charge in [-0.1, -0.05) is 28.1 Å². The summed E-state index contributed by atoms with van der Waals surface area (Å²) in [6, 6.07) is 7.85. The normalized spacial score (nSPS) is 17.8. The van der Waals surface area contributed by atoms with Crippen LogP contribution in [0.15, 0.2) is 28.7 Å². The van der Waals surface area contributed by atoms with E-state index in [-0.39, 0.29) is 11.0 Å². The fourth-order valence-electron chi connectivity index (χ4n) is 2.27. The zero-order valence-electron chi connectivity index (χ0n) is 10.2. The fourth-order valence-corrected chi connectivity index (χ4v) is 4.53. The molecule has 0 amide bonds. The minimum absolute atomic E-state index is 0.147. The van der Waals surface area contributed by atoms with Gasteiger partial charge in [-0.15, -0.1) is 0 Å². The van der Waals surface area contributed by atoms with Crippen LogP contribution in [0.1, 0.15) is 18.4 Å². The van der Waals surface area contributed by atoms with Gasteiger partial charge in [-0.3, -0.25) is 0 Å². The van der Waals surface area contributed by atoms with Crippen molar-refractivity contribution in [3.05, 3.63) is 34.3 Å². The largest absolute Gasteiger partial charge is 0.317 e. The number of hydrogen-bond acceptors (Lipinski definition) is 3. The summed E-state index contributed by atoms with van der Waals surface area (Å²) in [4.78, 5) is 0. The summed E-state index contributed by atoms with van der Waals surface area (Å²) >= 11 is 3.40. The van der Waals surface area contributed by atoms with Crippen LogP contribution in [0.2, 0.25) is 0 Å². The minimum atomic E-state index is -2.95. The first-order chi connectivity index (χ1) is 8.58. The molecule has 0 radical (unpaired) electrons. The van der Waals surface area contributed by atoms with Crippen LogP contribution >= 0.6 is 15.9 Å². The van der Waals surface area contributed by atoms with Crippen LogP contribution < -0.4 is 5.32 Å². The van der Waals surface area contributed by atoms with Gasteiger partial charge in [0.25, 0.3) is 0 Å². The summed E-state index contributed by atoms with van der Waals surface area (Å²) in [6.45, 7) is 1.64. The Morgan fingerprint density at radius 3 is 2.67 bits per heavy atom. The van der Waals surface area contributed by atoms with Crippen molar-refractivity contribution in [2.45, 2.75) is 24.5 Å². The van der Waals surface area contributed by atoms with Crippen molar-refractivity contribution in [3.63, 3.8) is 0 Å². The fraction of sp³-hybridized carbons (Fsp3) is 0.538. The van der Waals surface area contributed by atoms with E-state index in [9.17, 15) is 8.42 Å². The molecule has 0 unspecified atom stereocenters. The summed E-state index contributed by atoms with van der Waals surface area (Å²) in [5.74, 6) is 0.258. The maximum atomic E-state index is 12.2. The highest BCUT2D eigenvalue weighted by Crippen LogP contribution is 2.17. The summed E-state index contributed by atoms with van der Waals surface area (Å²) < 4.78 is 25.4. The lowest BCUT2D eigenvalue weighted by atomic mass is 10.2. The van der Waals surface area contributed by atoms with Gasteiger partial charge in [-0.05, 0) is 50.0 Å². The van der Waals surface area contributed by atoms with Crippen molar-refractivity contribution >= 4 is 25.8 Å². The highest BCUT2D eigenvalue weighted by atomic mass is 79.9. The molecule has 2 rings (SSSR count). The second kappa shape index (κ2) is 6.17. The van der Waals surface area contributed by atoms with E-state index in [4.69, 9.17) is 0 Å². The molecule has 1 aliphatic heterocycles. The van der Waals surface area contributed by atoms with E-state index in [1.807, 2.05) is 24.3 Å². The number of aryl methyl sites for hydroxylation is 1. The first-order valence-corrected chi connectivity index (χ1v) is 8.75. The Labute approximate surface area is 117 Å². The van der Waals surface area contributed by atoms with Gasteiger partial charge in [0.05, 0.1) is 11.0 Å². The van der Waals surface area contributed by atoms with Crippen molar-refractivity contribution in [2.24, 2.45) is 0 Å². The number of hydrogen-bond donors (Lipinski definition) is 1. The first-order valence-electron chi connectivity index (χ1n) is 6.25. The van der Waals surface area contributed by atoms with Gasteiger partial charge in [0.1, 0.15) is 0 Å². The molecule has 18 heavy (non-hydrogen) atoms. The molecule has 1 saturated heterocycles. The van der Waals surface area contributed by atoms with E-state index >= 15 is 0 Å². The summed E-state index contributed by atoms with van der Waals surface area (Å²) in [6.07, 6.45) is 2.10. The van der Waals surface area contributed by atoms with Gasteiger partial charge in [-0.2, -0.15) is 0 Å². The van der Waals surface area contributed by atoms with E-state index < -0.39 is 9.84 Å². The molecule has 0 spiro atoms. The van der Waals surface area contributed by atoms with Crippen molar-refractivity contribution in [1.29, 1.82) is 0 Å². The Balaban J connectivity index is 1.96. The second-order valence-corrected chi connectivity index (χ2v) is 8.01. The minimum Gasteiger partial charge on any atom is -0.317 e. The number of benzene rings is 1. The predicted octanol–water partition coefficient (Wildman–Crippen LogP) is 2.16. The number of piperidine rings is 1. The summed E-state index contributed by atoms with van der Waals surface area (Å²) in [5, 5.41) is 3.05. The third-order valence-electron chi connectivity index (χ3n) is 3.36. The van der Waals surface area contributed by atoms with Crippen molar-refractivity contribution in [1.82, 2.24) is 5.32 Å². The summed E-state index contributed by atoms with van der Waals surface area (Å²) in [5.41, 5.74) is 1.07. The molecule has 1 heterocycles. The molecule has 1 aliphatic rings. The summed E-state index contributed by atoms with van der Waals surface area (Å²) in [7, 11) is -2.95. The Kier molecular flexibility index (Phi) is 4.81. The average molecular weight is 332 g/mol. The third kappa shape index (κ3) is 3.80. The molecular formula is C13H18BrNO2S. The second-order valence-electron chi connectivity index (χ2n) is 4.70. The molecule has 1 N–H and O–H groups in total. The smallest absolute Gasteiger partial charge is 0.153 e. The Morgan fingerprint density at radius 2 is 2.00 bits per heavy atom. The zero-order chi connectivity index (χ0) is 13.0. The molecule has 1 aromatic carbocycles. The first kappa shape index (κ1) is 14.0. The number of halogens is 1. The lowest BCUT2D eigenvalue weighted by Gasteiger charge is -2.22. The van der Waals surface area contributed by atoms with Crippen LogP contribution in [0.5, 0.6) is 0 Å². The van der Waals surface area contributed by atoms with Crippen molar-refractivity contribution in [3.8, 4) is 0 Å². The van der Waals surface area contributed by atoms with E-state index in [1.165, 1.54) is 0 Å². The average Bonchev–Trinajstić information content (AvgIpc) is 2.38. The topological polar surface area (TPSA) is 46.2 Å². The van der Waals surface area contributed by atoms with Crippen LogP contribution in [0.25, 0.3) is 0 Å². The molecule has 0 bridgehead atoms. The van der Waals surface area contributed by atoms with Gasteiger partial charge in [0.2, 0.25) is 0 Å². The zero-order valence-corrected chi connectivity index (χ0v) is 12.6. The molecule has 0 saturated carbocycles. The lowest BCUT2D eigenvalue weighted by Crippen LogP contribution is -2.37. The van der Waals surface area contributed by atoms with Gasteiger partial charge < -0.3 is 5.32 Å². The van der Waals surface area contributed by atoms with Crippen LogP contribution in [0, 0.1) is 0 Å². The molecular weight excluding hydrogens is 314 g/mol. The number of rotatable bonds is 4. The Bertz CT molecular complexity index is 495. The standard InChI is InChI=1S/C13H18BrNO2S/c14-12-3-1-2-11(10-12)6-9-18(16,17)13-4-7-15-8-5-13/h1-3,10,13,15H,4-9H2. The van der Waals surface area contributed by atoms with E-state index in [1.54, 1.807) is 0 Å². The molecule has 5 heteroatoms. The van der Waals surface area contributed by atoms with Gasteiger partial charge in [0.15, 0.2) is 9.84 Å². The van der Waals surface area contributed by atoms with Gasteiger partial charge >= 0.3 is 0 Å². The highest BCUT2D eigenvalue weighted by Gasteiger charge is 2.26. The molecule has 0 aromatic heterocycles. The predicted molar refractivity (Wildman–Crippen MR) is 77.5 cm³/mol. The third-order valence-corrected chi connectivity index (χ3v) is 6.11. The van der Waals surface area contributed by atoms with Crippen molar-refractivity contribution in [2.75, 3.05) is 18.8 Å². The molecule has 3 nitrogen and oxygen atoms in total. The van der Waals surface area contributed by atoms with Crippen LogP contribution in [-0.2, 0) is 16.3 Å². The van der Waals surface area contributed by atoms with E-state index in [2.05, 4.69) is 21.2 Å². The van der Waals surface area contributed by atoms with E-state index in [0.29, 0.717) is 6.42 Å². The van der Waals surface area contributed by atoms with Crippen molar-refractivity contribution < 1.29 is 8.42 Å². The Morgan fingerprint density at radius 1 is 1.28 bits per heavy atom. The van der Waals surface area contributed by atoms with Crippen LogP contribution in [0.3, 0.4) is 0 Å². The van der Waals surface area contributed by atoms with Gasteiger partial charge in [0, 0.05) is 4.47 Å². The molecule has 0 atom stereocenters. The monoisotopic (exact) mass is 331 g/mol. The van der Waals surface area contributed by atoms with E-state index in [0.717, 1.165) is 36.0 Å². The van der Waals surface area contributed by atoms with Crippen LogP contribution in [-0.4, -0.2) is 32.5 Å². The lowest BCUT2D eigenvalue weighted by molar-refractivity contribution is 0.496. The quantitative estimate of drug-likeness (QED) is 0.919. The number of sulfone groups is 1. The molecule has 1 aromatic rings. The molecule has 1 fully saturated rings. The SMILES string of the molecule is O=S(=O)(CCc1cccc(Br)c1)C1CCNCC1. The maximum Gasteiger partial charge on any atom is 0.153 e. The maximum absolute atomic E-state index is 12.2. The van der Waals surface area contributed by atoms with Crippen LogP contribution in [0.4, 0.5) is 0 Å². The number of nitrogens with one attached hydrogen (secondary N) is 1. The Hall–Kier alpha value is -0.390. The molecule has 100 valence electrons. The van der Waals surface area contributed by atoms with Gasteiger partial charge in [-0.25, -0.2) is 8.42 Å². The highest BCUT2D eigenvalue weighted by molar-refractivity contribution is 9.10.